The van der Waals surface area contributed by atoms with Crippen molar-refractivity contribution in [3.8, 4) is 12.3 Å². The number of amides is 1. The van der Waals surface area contributed by atoms with Crippen molar-refractivity contribution in [2.24, 2.45) is 0 Å². The maximum absolute atomic E-state index is 12.3. The minimum Gasteiger partial charge on any atom is -0.336 e. The number of rotatable bonds is 2. The van der Waals surface area contributed by atoms with Gasteiger partial charge in [0.1, 0.15) is 0 Å². The molecule has 1 saturated heterocycles. The second kappa shape index (κ2) is 6.20. The molecular formula is C12H12Cl2N4O. The Kier molecular flexibility index (Phi) is 4.59. The molecule has 0 atom stereocenters. The van der Waals surface area contributed by atoms with Crippen LogP contribution in [0.25, 0.3) is 0 Å². The lowest BCUT2D eigenvalue weighted by molar-refractivity contribution is 0.0651. The van der Waals surface area contributed by atoms with Gasteiger partial charge in [-0.15, -0.1) is 16.6 Å². The molecule has 1 fully saturated rings. The van der Waals surface area contributed by atoms with E-state index in [1.807, 2.05) is 0 Å². The molecule has 100 valence electrons. The lowest BCUT2D eigenvalue weighted by Crippen LogP contribution is -2.48. The van der Waals surface area contributed by atoms with Gasteiger partial charge in [-0.1, -0.05) is 29.1 Å². The van der Waals surface area contributed by atoms with E-state index in [4.69, 9.17) is 29.6 Å². The maximum atomic E-state index is 12.3. The molecule has 5 nitrogen and oxygen atoms in total. The molecule has 0 N–H and O–H groups in total. The molecule has 7 heteroatoms. The van der Waals surface area contributed by atoms with Crippen LogP contribution in [-0.4, -0.2) is 58.6 Å². The van der Waals surface area contributed by atoms with Crippen LogP contribution in [0, 0.1) is 12.3 Å². The van der Waals surface area contributed by atoms with E-state index in [1.54, 1.807) is 4.90 Å². The summed E-state index contributed by atoms with van der Waals surface area (Å²) in [5, 5.41) is 7.45. The lowest BCUT2D eigenvalue weighted by atomic mass is 10.2. The van der Waals surface area contributed by atoms with Crippen molar-refractivity contribution in [2.45, 2.75) is 0 Å². The molecule has 1 aliphatic rings. The Bertz CT molecular complexity index is 521. The Balaban J connectivity index is 2.05. The van der Waals surface area contributed by atoms with Crippen LogP contribution in [0.15, 0.2) is 6.07 Å². The summed E-state index contributed by atoms with van der Waals surface area (Å²) in [6.45, 7) is 3.32. The monoisotopic (exact) mass is 298 g/mol. The van der Waals surface area contributed by atoms with Crippen LogP contribution in [0.1, 0.15) is 10.4 Å². The first kappa shape index (κ1) is 14.1. The van der Waals surface area contributed by atoms with Gasteiger partial charge in [0.15, 0.2) is 10.3 Å². The van der Waals surface area contributed by atoms with Gasteiger partial charge in [0.2, 0.25) is 0 Å². The Labute approximate surface area is 121 Å². The predicted octanol–water partition coefficient (Wildman–Crippen LogP) is 1.17. The van der Waals surface area contributed by atoms with E-state index in [9.17, 15) is 4.79 Å². The second-order valence-corrected chi connectivity index (χ2v) is 4.89. The van der Waals surface area contributed by atoms with E-state index in [1.165, 1.54) is 6.07 Å². The number of hydrogen-bond acceptors (Lipinski definition) is 4. The van der Waals surface area contributed by atoms with Crippen LogP contribution < -0.4 is 0 Å². The normalized spacial score (nSPS) is 16.2. The zero-order valence-electron chi connectivity index (χ0n) is 10.1. The Hall–Kier alpha value is -1.35. The molecule has 1 aromatic rings. The molecule has 0 aliphatic carbocycles. The van der Waals surface area contributed by atoms with Crippen LogP contribution >= 0.6 is 23.2 Å². The molecule has 1 aliphatic heterocycles. The number of carbonyl (C=O) groups excluding carboxylic acids is 1. The number of nitrogens with zero attached hydrogens (tertiary/aromatic N) is 4. The number of hydrogen-bond donors (Lipinski definition) is 0. The summed E-state index contributed by atoms with van der Waals surface area (Å²) in [5.41, 5.74) is 0.284. The minimum atomic E-state index is -0.179. The number of carbonyl (C=O) groups is 1. The van der Waals surface area contributed by atoms with Gasteiger partial charge >= 0.3 is 0 Å². The maximum Gasteiger partial charge on any atom is 0.257 e. The third-order valence-corrected chi connectivity index (χ3v) is 3.39. The fraction of sp³-hybridized carbons (Fsp3) is 0.417. The molecule has 0 radical (unpaired) electrons. The van der Waals surface area contributed by atoms with Gasteiger partial charge in [0.25, 0.3) is 5.91 Å². The van der Waals surface area contributed by atoms with Gasteiger partial charge in [-0.2, -0.15) is 0 Å². The van der Waals surface area contributed by atoms with Crippen LogP contribution in [0.5, 0.6) is 0 Å². The van der Waals surface area contributed by atoms with E-state index in [0.29, 0.717) is 19.6 Å². The fourth-order valence-electron chi connectivity index (χ4n) is 1.91. The SMILES string of the molecule is C#CCN1CCN(C(=O)c2cc(Cl)nnc2Cl)CC1. The van der Waals surface area contributed by atoms with Crippen LogP contribution in [-0.2, 0) is 0 Å². The average molecular weight is 299 g/mol. The molecule has 0 unspecified atom stereocenters. The third-order valence-electron chi connectivity index (χ3n) is 2.92. The minimum absolute atomic E-state index is 0.0699. The van der Waals surface area contributed by atoms with E-state index in [-0.39, 0.29) is 21.8 Å². The molecular weight excluding hydrogens is 287 g/mol. The summed E-state index contributed by atoms with van der Waals surface area (Å²) in [6, 6.07) is 1.44. The standard InChI is InChI=1S/C12H12Cl2N4O/c1-2-3-17-4-6-18(7-5-17)12(19)9-8-10(13)15-16-11(9)14/h1,8H,3-7H2. The van der Waals surface area contributed by atoms with Gasteiger partial charge < -0.3 is 4.90 Å². The highest BCUT2D eigenvalue weighted by atomic mass is 35.5. The molecule has 0 aromatic carbocycles. The molecule has 2 heterocycles. The molecule has 0 saturated carbocycles. The topological polar surface area (TPSA) is 49.3 Å². The Morgan fingerprint density at radius 2 is 2.00 bits per heavy atom. The zero-order chi connectivity index (χ0) is 13.8. The van der Waals surface area contributed by atoms with Crippen LogP contribution in [0.4, 0.5) is 0 Å². The number of terminal acetylenes is 1. The van der Waals surface area contributed by atoms with E-state index < -0.39 is 0 Å². The first-order valence-corrected chi connectivity index (χ1v) is 6.51. The fourth-order valence-corrected chi connectivity index (χ4v) is 2.23. The first-order chi connectivity index (χ1) is 9.11. The van der Waals surface area contributed by atoms with Gasteiger partial charge in [0, 0.05) is 26.2 Å². The highest BCUT2D eigenvalue weighted by molar-refractivity contribution is 6.34. The molecule has 1 amide bonds. The number of aromatic nitrogens is 2. The predicted molar refractivity (Wildman–Crippen MR) is 73.2 cm³/mol. The highest BCUT2D eigenvalue weighted by Gasteiger charge is 2.24. The van der Waals surface area contributed by atoms with Gasteiger partial charge in [-0.25, -0.2) is 0 Å². The molecule has 19 heavy (non-hydrogen) atoms. The van der Waals surface area contributed by atoms with Crippen molar-refractivity contribution in [1.29, 1.82) is 0 Å². The largest absolute Gasteiger partial charge is 0.336 e. The molecule has 2 rings (SSSR count). The summed E-state index contributed by atoms with van der Waals surface area (Å²) in [5.74, 6) is 2.42. The van der Waals surface area contributed by atoms with Crippen molar-refractivity contribution < 1.29 is 4.79 Å². The van der Waals surface area contributed by atoms with Crippen molar-refractivity contribution >= 4 is 29.1 Å². The second-order valence-electron chi connectivity index (χ2n) is 4.14. The average Bonchev–Trinajstić information content (AvgIpc) is 2.42. The number of halogens is 2. The van der Waals surface area contributed by atoms with Crippen molar-refractivity contribution in [3.05, 3.63) is 21.9 Å². The Morgan fingerprint density at radius 1 is 1.32 bits per heavy atom. The summed E-state index contributed by atoms with van der Waals surface area (Å²) in [7, 11) is 0. The summed E-state index contributed by atoms with van der Waals surface area (Å²) in [4.78, 5) is 16.1. The highest BCUT2D eigenvalue weighted by Crippen LogP contribution is 2.18. The van der Waals surface area contributed by atoms with Crippen molar-refractivity contribution in [2.75, 3.05) is 32.7 Å². The summed E-state index contributed by atoms with van der Waals surface area (Å²) < 4.78 is 0. The summed E-state index contributed by atoms with van der Waals surface area (Å²) in [6.07, 6.45) is 5.26. The summed E-state index contributed by atoms with van der Waals surface area (Å²) >= 11 is 11.6. The van der Waals surface area contributed by atoms with Crippen LogP contribution in [0.3, 0.4) is 0 Å². The zero-order valence-corrected chi connectivity index (χ0v) is 11.7. The smallest absolute Gasteiger partial charge is 0.257 e. The van der Waals surface area contributed by atoms with E-state index >= 15 is 0 Å². The van der Waals surface area contributed by atoms with Gasteiger partial charge in [-0.3, -0.25) is 9.69 Å². The van der Waals surface area contributed by atoms with Crippen molar-refractivity contribution in [1.82, 2.24) is 20.0 Å². The molecule has 0 bridgehead atoms. The molecule has 1 aromatic heterocycles. The van der Waals surface area contributed by atoms with E-state index in [0.717, 1.165) is 13.1 Å². The third kappa shape index (κ3) is 3.35. The van der Waals surface area contributed by atoms with E-state index in [2.05, 4.69) is 21.0 Å². The van der Waals surface area contributed by atoms with Gasteiger partial charge in [-0.05, 0) is 6.07 Å². The van der Waals surface area contributed by atoms with Crippen LogP contribution in [0.2, 0.25) is 10.3 Å². The number of piperazine rings is 1. The van der Waals surface area contributed by atoms with Crippen molar-refractivity contribution in [3.63, 3.8) is 0 Å². The first-order valence-electron chi connectivity index (χ1n) is 5.75. The lowest BCUT2D eigenvalue weighted by Gasteiger charge is -2.33. The quantitative estimate of drug-likeness (QED) is 0.769. The van der Waals surface area contributed by atoms with Gasteiger partial charge in [0.05, 0.1) is 12.1 Å². The Morgan fingerprint density at radius 3 is 2.63 bits per heavy atom. The molecule has 0 spiro atoms.